The lowest BCUT2D eigenvalue weighted by molar-refractivity contribution is 1.28. The molecule has 4 heteroatoms. The molecule has 0 unspecified atom stereocenters. The van der Waals surface area contributed by atoms with Gasteiger partial charge in [-0.15, -0.1) is 11.3 Å². The minimum Gasteiger partial charge on any atom is -0.311 e. The van der Waals surface area contributed by atoms with Crippen LogP contribution in [0.1, 0.15) is 26.4 Å². The molecular formula is C38H27Cl2NS. The highest BCUT2D eigenvalue weighted by molar-refractivity contribution is 7.13. The van der Waals surface area contributed by atoms with Crippen molar-refractivity contribution in [2.75, 3.05) is 4.90 Å². The Morgan fingerprint density at radius 3 is 1.48 bits per heavy atom. The predicted octanol–water partition coefficient (Wildman–Crippen LogP) is 12.3. The van der Waals surface area contributed by atoms with Gasteiger partial charge in [0.05, 0.1) is 0 Å². The average Bonchev–Trinajstić information content (AvgIpc) is 3.49. The number of anilines is 3. The maximum absolute atomic E-state index is 6.17. The average molecular weight is 601 g/mol. The van der Waals surface area contributed by atoms with Gasteiger partial charge in [-0.05, 0) is 107 Å². The summed E-state index contributed by atoms with van der Waals surface area (Å²) in [4.78, 5) is 4.63. The lowest BCUT2D eigenvalue weighted by Gasteiger charge is -2.25. The Bertz CT molecular complexity index is 1720. The van der Waals surface area contributed by atoms with Crippen molar-refractivity contribution in [1.29, 1.82) is 0 Å². The molecule has 0 atom stereocenters. The first-order valence-electron chi connectivity index (χ1n) is 13.6. The monoisotopic (exact) mass is 599 g/mol. The number of benzene rings is 5. The molecule has 6 aromatic rings. The molecule has 0 saturated carbocycles. The smallest absolute Gasteiger partial charge is 0.0462 e. The molecule has 42 heavy (non-hydrogen) atoms. The summed E-state index contributed by atoms with van der Waals surface area (Å²) in [6.45, 7) is 0. The van der Waals surface area contributed by atoms with E-state index in [1.807, 2.05) is 36.4 Å². The predicted molar refractivity (Wildman–Crippen MR) is 184 cm³/mol. The summed E-state index contributed by atoms with van der Waals surface area (Å²) in [7, 11) is 0. The van der Waals surface area contributed by atoms with Crippen molar-refractivity contribution in [1.82, 2.24) is 0 Å². The minimum atomic E-state index is 0.721. The summed E-state index contributed by atoms with van der Waals surface area (Å²) < 4.78 is 0. The first kappa shape index (κ1) is 27.8. The van der Waals surface area contributed by atoms with Gasteiger partial charge in [-0.2, -0.15) is 0 Å². The Balaban J connectivity index is 1.24. The summed E-state index contributed by atoms with van der Waals surface area (Å²) >= 11 is 14.1. The third-order valence-corrected chi connectivity index (χ3v) is 8.37. The Morgan fingerprint density at radius 1 is 0.476 bits per heavy atom. The molecule has 0 aliphatic carbocycles. The lowest BCUT2D eigenvalue weighted by atomic mass is 9.97. The third-order valence-electron chi connectivity index (χ3n) is 6.86. The van der Waals surface area contributed by atoms with Gasteiger partial charge in [-0.25, -0.2) is 0 Å². The molecule has 0 aliphatic heterocycles. The fraction of sp³-hybridized carbons (Fsp3) is 0. The zero-order valence-electron chi connectivity index (χ0n) is 22.7. The van der Waals surface area contributed by atoms with Crippen LogP contribution >= 0.6 is 34.5 Å². The van der Waals surface area contributed by atoms with Gasteiger partial charge in [0.2, 0.25) is 0 Å². The number of para-hydroxylation sites is 2. The number of nitrogens with zero attached hydrogens (tertiary/aromatic N) is 1. The number of hydrogen-bond acceptors (Lipinski definition) is 2. The Labute approximate surface area is 261 Å². The number of halogens is 2. The van der Waals surface area contributed by atoms with E-state index in [9.17, 15) is 0 Å². The van der Waals surface area contributed by atoms with Gasteiger partial charge in [-0.1, -0.05) is 102 Å². The molecular weight excluding hydrogens is 573 g/mol. The van der Waals surface area contributed by atoms with Crippen LogP contribution in [-0.4, -0.2) is 0 Å². The first-order valence-corrected chi connectivity index (χ1v) is 15.2. The van der Waals surface area contributed by atoms with Crippen LogP contribution in [0, 0.1) is 0 Å². The molecule has 0 N–H and O–H groups in total. The Morgan fingerprint density at radius 2 is 0.952 bits per heavy atom. The third kappa shape index (κ3) is 6.75. The van der Waals surface area contributed by atoms with Crippen molar-refractivity contribution in [3.63, 3.8) is 0 Å². The van der Waals surface area contributed by atoms with Crippen LogP contribution in [0.2, 0.25) is 10.0 Å². The molecule has 0 aliphatic rings. The quantitative estimate of drug-likeness (QED) is 0.168. The normalized spacial score (nSPS) is 11.0. The van der Waals surface area contributed by atoms with Crippen molar-refractivity contribution < 1.29 is 0 Å². The largest absolute Gasteiger partial charge is 0.311 e. The summed E-state index contributed by atoms with van der Waals surface area (Å²) in [5, 5.41) is 1.44. The van der Waals surface area contributed by atoms with E-state index in [1.54, 1.807) is 11.3 Å². The summed E-state index contributed by atoms with van der Waals surface area (Å²) in [6, 6.07) is 49.8. The second-order valence-electron chi connectivity index (χ2n) is 9.74. The highest BCUT2D eigenvalue weighted by Crippen LogP contribution is 2.35. The highest BCUT2D eigenvalue weighted by Gasteiger charge is 2.11. The molecule has 1 heterocycles. The van der Waals surface area contributed by atoms with Crippen LogP contribution in [0.4, 0.5) is 17.1 Å². The fourth-order valence-electron chi connectivity index (χ4n) is 4.78. The summed E-state index contributed by atoms with van der Waals surface area (Å²) in [5.74, 6) is 0. The first-order chi connectivity index (χ1) is 20.6. The molecule has 5 aromatic carbocycles. The maximum atomic E-state index is 6.17. The van der Waals surface area contributed by atoms with Crippen LogP contribution in [0.25, 0.3) is 23.8 Å². The molecule has 1 aromatic heterocycles. The van der Waals surface area contributed by atoms with E-state index >= 15 is 0 Å². The number of rotatable bonds is 8. The lowest BCUT2D eigenvalue weighted by Crippen LogP contribution is -2.09. The summed E-state index contributed by atoms with van der Waals surface area (Å²) in [6.07, 6.45) is 6.57. The van der Waals surface area contributed by atoms with Crippen LogP contribution in [0.3, 0.4) is 0 Å². The molecule has 0 bridgehead atoms. The maximum Gasteiger partial charge on any atom is 0.0462 e. The van der Waals surface area contributed by atoms with Crippen LogP contribution in [0.15, 0.2) is 146 Å². The zero-order chi connectivity index (χ0) is 28.7. The van der Waals surface area contributed by atoms with Gasteiger partial charge in [0, 0.05) is 36.9 Å². The summed E-state index contributed by atoms with van der Waals surface area (Å²) in [5.41, 5.74) is 7.85. The minimum absolute atomic E-state index is 0.721. The van der Waals surface area contributed by atoms with Crippen molar-refractivity contribution in [2.45, 2.75) is 0 Å². The molecule has 0 fully saturated rings. The van der Waals surface area contributed by atoms with Crippen LogP contribution in [0.5, 0.6) is 0 Å². The van der Waals surface area contributed by atoms with Gasteiger partial charge in [0.1, 0.15) is 0 Å². The van der Waals surface area contributed by atoms with Crippen molar-refractivity contribution in [3.05, 3.63) is 182 Å². The number of thiophene rings is 1. The van der Waals surface area contributed by atoms with Crippen molar-refractivity contribution in [3.8, 4) is 0 Å². The molecule has 0 radical (unpaired) electrons. The van der Waals surface area contributed by atoms with Crippen LogP contribution < -0.4 is 4.90 Å². The molecule has 0 saturated heterocycles. The van der Waals surface area contributed by atoms with Crippen LogP contribution in [-0.2, 0) is 0 Å². The molecule has 204 valence electrons. The van der Waals surface area contributed by atoms with Gasteiger partial charge >= 0.3 is 0 Å². The van der Waals surface area contributed by atoms with E-state index in [2.05, 4.69) is 132 Å². The second-order valence-corrected chi connectivity index (χ2v) is 11.8. The zero-order valence-corrected chi connectivity index (χ0v) is 25.0. The van der Waals surface area contributed by atoms with Gasteiger partial charge < -0.3 is 4.90 Å². The van der Waals surface area contributed by atoms with E-state index < -0.39 is 0 Å². The molecule has 0 spiro atoms. The topological polar surface area (TPSA) is 3.24 Å². The van der Waals surface area contributed by atoms with Crippen molar-refractivity contribution in [2.24, 2.45) is 0 Å². The molecule has 0 amide bonds. The van der Waals surface area contributed by atoms with E-state index in [1.165, 1.54) is 9.75 Å². The molecule has 1 nitrogen and oxygen atoms in total. The highest BCUT2D eigenvalue weighted by atomic mass is 35.5. The second kappa shape index (κ2) is 13.1. The number of hydrogen-bond donors (Lipinski definition) is 0. The standard InChI is InChI=1S/C38H27Cl2NS/c39-31-18-14-29(15-19-31)38(30-16-20-32(40)21-17-30)27-37-26-25-36(42-37)24-13-28-11-22-35(23-12-28)41(33-7-3-1-4-8-33)34-9-5-2-6-10-34/h1-27H. The van der Waals surface area contributed by atoms with Gasteiger partial charge in [0.15, 0.2) is 0 Å². The van der Waals surface area contributed by atoms with E-state index in [0.717, 1.165) is 49.4 Å². The van der Waals surface area contributed by atoms with E-state index in [-0.39, 0.29) is 0 Å². The Hall–Kier alpha value is -4.34. The van der Waals surface area contributed by atoms with E-state index in [0.29, 0.717) is 0 Å². The van der Waals surface area contributed by atoms with Gasteiger partial charge in [0.25, 0.3) is 0 Å². The van der Waals surface area contributed by atoms with E-state index in [4.69, 9.17) is 23.2 Å². The van der Waals surface area contributed by atoms with Gasteiger partial charge in [-0.3, -0.25) is 0 Å². The molecule has 6 rings (SSSR count). The van der Waals surface area contributed by atoms with Crippen molar-refractivity contribution >= 4 is 75.4 Å². The fourth-order valence-corrected chi connectivity index (χ4v) is 5.89. The Kier molecular flexibility index (Phi) is 8.67. The SMILES string of the molecule is Clc1ccc(C(=Cc2ccc(C=Cc3ccc(N(c4ccccc4)c4ccccc4)cc3)s2)c2ccc(Cl)cc2)cc1.